The summed E-state index contributed by atoms with van der Waals surface area (Å²) in [6, 6.07) is 8.53. The summed E-state index contributed by atoms with van der Waals surface area (Å²) >= 11 is 9.48. The lowest BCUT2D eigenvalue weighted by Crippen LogP contribution is -2.43. The molecule has 1 aromatic carbocycles. The second-order valence-corrected chi connectivity index (χ2v) is 7.05. The number of halogens is 2. The molecule has 6 heteroatoms. The maximum Gasteiger partial charge on any atom is 0.271 e. The van der Waals surface area contributed by atoms with Gasteiger partial charge in [-0.2, -0.15) is 0 Å². The Labute approximate surface area is 148 Å². The average molecular weight is 395 g/mol. The third-order valence-corrected chi connectivity index (χ3v) is 4.95. The molecule has 2 aromatic rings. The van der Waals surface area contributed by atoms with Crippen LogP contribution < -0.4 is 5.32 Å². The van der Waals surface area contributed by atoms with Crippen LogP contribution in [0.2, 0.25) is 5.02 Å². The van der Waals surface area contributed by atoms with Crippen LogP contribution in [-0.4, -0.2) is 21.9 Å². The van der Waals surface area contributed by atoms with E-state index in [-0.39, 0.29) is 17.6 Å². The molecular weight excluding hydrogens is 378 g/mol. The number of carbonyl (C=O) groups excluding carboxylic acids is 1. The normalized spacial score (nSPS) is 20.0. The fourth-order valence-corrected chi connectivity index (χ4v) is 3.17. The Morgan fingerprint density at radius 2 is 2.04 bits per heavy atom. The quantitative estimate of drug-likeness (QED) is 0.848. The molecule has 0 radical (unpaired) electrons. The van der Waals surface area contributed by atoms with Crippen LogP contribution in [0, 0.1) is 0 Å². The van der Waals surface area contributed by atoms with E-state index in [0.29, 0.717) is 23.2 Å². The SMILES string of the molecule is CCc1ncc(Cl)c(C(=O)NC2CC(c3ccc(Br)cc3)C2)n1. The van der Waals surface area contributed by atoms with Crippen LogP contribution in [-0.2, 0) is 6.42 Å². The van der Waals surface area contributed by atoms with E-state index >= 15 is 0 Å². The van der Waals surface area contributed by atoms with Gasteiger partial charge in [0.05, 0.1) is 11.2 Å². The summed E-state index contributed by atoms with van der Waals surface area (Å²) in [4.78, 5) is 20.6. The standard InChI is InChI=1S/C17H17BrClN3O/c1-2-15-20-9-14(19)16(22-15)17(23)21-13-7-11(8-13)10-3-5-12(18)6-4-10/h3-6,9,11,13H,2,7-8H2,1H3,(H,21,23). The zero-order chi connectivity index (χ0) is 16.4. The average Bonchev–Trinajstić information content (AvgIpc) is 2.52. The number of amides is 1. The van der Waals surface area contributed by atoms with Crippen LogP contribution in [0.15, 0.2) is 34.9 Å². The molecule has 23 heavy (non-hydrogen) atoms. The lowest BCUT2D eigenvalue weighted by atomic mass is 9.76. The Balaban J connectivity index is 1.59. The predicted octanol–water partition coefficient (Wildman–Crippen LogP) is 4.13. The number of hydrogen-bond acceptors (Lipinski definition) is 3. The maximum absolute atomic E-state index is 12.3. The van der Waals surface area contributed by atoms with E-state index in [1.54, 1.807) is 0 Å². The highest BCUT2D eigenvalue weighted by Crippen LogP contribution is 2.37. The highest BCUT2D eigenvalue weighted by atomic mass is 79.9. The third kappa shape index (κ3) is 3.72. The first-order chi connectivity index (χ1) is 11.1. The highest BCUT2D eigenvalue weighted by molar-refractivity contribution is 9.10. The third-order valence-electron chi connectivity index (χ3n) is 4.14. The molecule has 1 aliphatic rings. The molecule has 0 bridgehead atoms. The van der Waals surface area contributed by atoms with Crippen molar-refractivity contribution < 1.29 is 4.79 Å². The second-order valence-electron chi connectivity index (χ2n) is 5.73. The van der Waals surface area contributed by atoms with Gasteiger partial charge in [-0.05, 0) is 36.5 Å². The number of nitrogens with zero attached hydrogens (tertiary/aromatic N) is 2. The van der Waals surface area contributed by atoms with Gasteiger partial charge in [-0.25, -0.2) is 9.97 Å². The van der Waals surface area contributed by atoms with Crippen LogP contribution in [0.25, 0.3) is 0 Å². The van der Waals surface area contributed by atoms with Gasteiger partial charge in [0.15, 0.2) is 0 Å². The minimum Gasteiger partial charge on any atom is -0.348 e. The number of carbonyl (C=O) groups is 1. The Bertz CT molecular complexity index is 714. The zero-order valence-electron chi connectivity index (χ0n) is 12.7. The summed E-state index contributed by atoms with van der Waals surface area (Å²) in [6.07, 6.45) is 4.05. The Kier molecular flexibility index (Phi) is 4.97. The molecule has 0 atom stereocenters. The van der Waals surface area contributed by atoms with Gasteiger partial charge in [0.2, 0.25) is 0 Å². The van der Waals surface area contributed by atoms with E-state index in [0.717, 1.165) is 17.3 Å². The molecular formula is C17H17BrClN3O. The summed E-state index contributed by atoms with van der Waals surface area (Å²) < 4.78 is 1.08. The van der Waals surface area contributed by atoms with Crippen LogP contribution in [0.1, 0.15) is 47.6 Å². The molecule has 1 saturated carbocycles. The van der Waals surface area contributed by atoms with E-state index < -0.39 is 0 Å². The zero-order valence-corrected chi connectivity index (χ0v) is 15.1. The second kappa shape index (κ2) is 6.97. The molecule has 1 N–H and O–H groups in total. The number of benzene rings is 1. The lowest BCUT2D eigenvalue weighted by molar-refractivity contribution is 0.0903. The molecule has 1 heterocycles. The minimum atomic E-state index is -0.216. The molecule has 0 spiro atoms. The van der Waals surface area contributed by atoms with Crippen LogP contribution in [0.4, 0.5) is 0 Å². The van der Waals surface area contributed by atoms with Crippen molar-refractivity contribution in [1.82, 2.24) is 15.3 Å². The Hall–Kier alpha value is -1.46. The van der Waals surface area contributed by atoms with Gasteiger partial charge in [-0.1, -0.05) is 46.6 Å². The number of rotatable bonds is 4. The molecule has 120 valence electrons. The van der Waals surface area contributed by atoms with Crippen molar-refractivity contribution in [3.63, 3.8) is 0 Å². The van der Waals surface area contributed by atoms with Crippen LogP contribution in [0.3, 0.4) is 0 Å². The molecule has 0 unspecified atom stereocenters. The first kappa shape index (κ1) is 16.4. The fourth-order valence-electron chi connectivity index (χ4n) is 2.73. The molecule has 0 saturated heterocycles. The van der Waals surface area contributed by atoms with Crippen molar-refractivity contribution >= 4 is 33.4 Å². The molecule has 1 amide bonds. The lowest BCUT2D eigenvalue weighted by Gasteiger charge is -2.36. The number of aryl methyl sites for hydroxylation is 1. The highest BCUT2D eigenvalue weighted by Gasteiger charge is 2.32. The first-order valence-corrected chi connectivity index (χ1v) is 8.81. The fraction of sp³-hybridized carbons (Fsp3) is 0.353. The van der Waals surface area contributed by atoms with Gasteiger partial charge in [0.1, 0.15) is 11.5 Å². The minimum absolute atomic E-state index is 0.173. The van der Waals surface area contributed by atoms with Crippen molar-refractivity contribution in [2.24, 2.45) is 0 Å². The summed E-state index contributed by atoms with van der Waals surface area (Å²) in [5, 5.41) is 3.31. The molecule has 1 aliphatic carbocycles. The van der Waals surface area contributed by atoms with Crippen molar-refractivity contribution in [2.45, 2.75) is 38.1 Å². The first-order valence-electron chi connectivity index (χ1n) is 7.64. The van der Waals surface area contributed by atoms with E-state index in [4.69, 9.17) is 11.6 Å². The van der Waals surface area contributed by atoms with E-state index in [1.807, 2.05) is 19.1 Å². The topological polar surface area (TPSA) is 54.9 Å². The number of hydrogen-bond donors (Lipinski definition) is 1. The predicted molar refractivity (Wildman–Crippen MR) is 93.8 cm³/mol. The molecule has 0 aliphatic heterocycles. The van der Waals surface area contributed by atoms with E-state index in [2.05, 4.69) is 43.3 Å². The summed E-state index contributed by atoms with van der Waals surface area (Å²) in [6.45, 7) is 1.94. The number of nitrogens with one attached hydrogen (secondary N) is 1. The maximum atomic E-state index is 12.3. The molecule has 1 aromatic heterocycles. The van der Waals surface area contributed by atoms with Crippen LogP contribution >= 0.6 is 27.5 Å². The van der Waals surface area contributed by atoms with Gasteiger partial charge in [-0.3, -0.25) is 4.79 Å². The van der Waals surface area contributed by atoms with Crippen molar-refractivity contribution in [2.75, 3.05) is 0 Å². The molecule has 1 fully saturated rings. The monoisotopic (exact) mass is 393 g/mol. The van der Waals surface area contributed by atoms with Crippen LogP contribution in [0.5, 0.6) is 0 Å². The van der Waals surface area contributed by atoms with Crippen molar-refractivity contribution in [1.29, 1.82) is 0 Å². The van der Waals surface area contributed by atoms with Gasteiger partial charge < -0.3 is 5.32 Å². The van der Waals surface area contributed by atoms with Gasteiger partial charge in [-0.15, -0.1) is 0 Å². The van der Waals surface area contributed by atoms with Gasteiger partial charge in [0, 0.05) is 16.9 Å². The van der Waals surface area contributed by atoms with E-state index in [9.17, 15) is 4.79 Å². The Morgan fingerprint density at radius 3 is 2.70 bits per heavy atom. The number of aromatic nitrogens is 2. The van der Waals surface area contributed by atoms with Crippen molar-refractivity contribution in [3.8, 4) is 0 Å². The summed E-state index contributed by atoms with van der Waals surface area (Å²) in [5.74, 6) is 0.910. The van der Waals surface area contributed by atoms with Gasteiger partial charge >= 0.3 is 0 Å². The largest absolute Gasteiger partial charge is 0.348 e. The van der Waals surface area contributed by atoms with Crippen molar-refractivity contribution in [3.05, 3.63) is 57.0 Å². The Morgan fingerprint density at radius 1 is 1.35 bits per heavy atom. The van der Waals surface area contributed by atoms with E-state index in [1.165, 1.54) is 11.8 Å². The smallest absolute Gasteiger partial charge is 0.271 e. The summed E-state index contributed by atoms with van der Waals surface area (Å²) in [5.41, 5.74) is 1.58. The van der Waals surface area contributed by atoms with Gasteiger partial charge in [0.25, 0.3) is 5.91 Å². The molecule has 3 rings (SSSR count). The molecule has 4 nitrogen and oxygen atoms in total. The summed E-state index contributed by atoms with van der Waals surface area (Å²) in [7, 11) is 0.